The molecule has 6 heteroatoms. The molecule has 4 nitrogen and oxygen atoms in total. The Morgan fingerprint density at radius 2 is 2.17 bits per heavy atom. The number of thioether (sulfide) groups is 1. The standard InChI is InChI=1S/C12H17BrN2O2S/c1-7-8(14)5-15-11(10(7)13)18-6-9(16)17-12(2,3)4/h5H,6,14H2,1-4H3. The fourth-order valence-corrected chi connectivity index (χ4v) is 2.56. The molecule has 0 bridgehead atoms. The van der Waals surface area contributed by atoms with Gasteiger partial charge in [-0.1, -0.05) is 11.8 Å². The maximum atomic E-state index is 11.6. The first kappa shape index (κ1) is 15.3. The Balaban J connectivity index is 2.65. The number of carbonyl (C=O) groups excluding carboxylic acids is 1. The number of nitrogens with two attached hydrogens (primary N) is 1. The van der Waals surface area contributed by atoms with Crippen LogP contribution in [0.2, 0.25) is 0 Å². The van der Waals surface area contributed by atoms with Crippen molar-refractivity contribution in [2.45, 2.75) is 38.3 Å². The zero-order valence-electron chi connectivity index (χ0n) is 10.9. The Kier molecular flexibility index (Phi) is 5.04. The van der Waals surface area contributed by atoms with Crippen LogP contribution >= 0.6 is 27.7 Å². The summed E-state index contributed by atoms with van der Waals surface area (Å²) >= 11 is 4.76. The van der Waals surface area contributed by atoms with E-state index >= 15 is 0 Å². The van der Waals surface area contributed by atoms with Gasteiger partial charge in [-0.25, -0.2) is 4.98 Å². The van der Waals surface area contributed by atoms with E-state index in [0.29, 0.717) is 5.69 Å². The van der Waals surface area contributed by atoms with Crippen molar-refractivity contribution in [3.63, 3.8) is 0 Å². The molecule has 0 aliphatic heterocycles. The van der Waals surface area contributed by atoms with Gasteiger partial charge in [0.05, 0.1) is 22.1 Å². The van der Waals surface area contributed by atoms with Gasteiger partial charge >= 0.3 is 5.97 Å². The fraction of sp³-hybridized carbons (Fsp3) is 0.500. The summed E-state index contributed by atoms with van der Waals surface area (Å²) in [5.41, 5.74) is 6.83. The summed E-state index contributed by atoms with van der Waals surface area (Å²) in [6.45, 7) is 7.43. The van der Waals surface area contributed by atoms with Crippen molar-refractivity contribution in [2.75, 3.05) is 11.5 Å². The van der Waals surface area contributed by atoms with Crippen LogP contribution in [-0.4, -0.2) is 22.3 Å². The van der Waals surface area contributed by atoms with Gasteiger partial charge in [0, 0.05) is 0 Å². The molecule has 18 heavy (non-hydrogen) atoms. The molecule has 0 aromatic carbocycles. The number of anilines is 1. The number of halogens is 1. The zero-order valence-corrected chi connectivity index (χ0v) is 13.3. The molecule has 0 saturated carbocycles. The number of esters is 1. The summed E-state index contributed by atoms with van der Waals surface area (Å²) in [4.78, 5) is 15.8. The van der Waals surface area contributed by atoms with E-state index in [1.54, 1.807) is 6.20 Å². The lowest BCUT2D eigenvalue weighted by atomic mass is 10.2. The minimum atomic E-state index is -0.459. The van der Waals surface area contributed by atoms with Crippen LogP contribution in [-0.2, 0) is 9.53 Å². The molecule has 0 aliphatic carbocycles. The second-order valence-corrected chi connectivity index (χ2v) is 6.59. The molecule has 0 amide bonds. The van der Waals surface area contributed by atoms with Crippen molar-refractivity contribution in [3.8, 4) is 0 Å². The lowest BCUT2D eigenvalue weighted by Crippen LogP contribution is -2.24. The van der Waals surface area contributed by atoms with Crippen molar-refractivity contribution in [2.24, 2.45) is 0 Å². The molecule has 1 rings (SSSR count). The van der Waals surface area contributed by atoms with Gasteiger partial charge in [0.15, 0.2) is 0 Å². The predicted octanol–water partition coefficient (Wildman–Crippen LogP) is 3.17. The summed E-state index contributed by atoms with van der Waals surface area (Å²) in [5.74, 6) is -0.0256. The predicted molar refractivity (Wildman–Crippen MR) is 77.7 cm³/mol. The lowest BCUT2D eigenvalue weighted by Gasteiger charge is -2.19. The van der Waals surface area contributed by atoms with Gasteiger partial charge in [-0.3, -0.25) is 4.79 Å². The summed E-state index contributed by atoms with van der Waals surface area (Å²) in [6.07, 6.45) is 1.59. The Morgan fingerprint density at radius 1 is 1.56 bits per heavy atom. The number of aromatic nitrogens is 1. The number of pyridine rings is 1. The number of nitrogens with zero attached hydrogens (tertiary/aromatic N) is 1. The number of rotatable bonds is 3. The van der Waals surface area contributed by atoms with Crippen molar-refractivity contribution in [3.05, 3.63) is 16.2 Å². The third kappa shape index (κ3) is 4.49. The van der Waals surface area contributed by atoms with Crippen molar-refractivity contribution in [1.82, 2.24) is 4.98 Å². The minimum absolute atomic E-state index is 0.228. The maximum Gasteiger partial charge on any atom is 0.316 e. The van der Waals surface area contributed by atoms with Gasteiger partial charge in [-0.2, -0.15) is 0 Å². The molecule has 1 aromatic rings. The Bertz CT molecular complexity index is 458. The normalized spacial score (nSPS) is 11.4. The average Bonchev–Trinajstić information content (AvgIpc) is 2.22. The highest BCUT2D eigenvalue weighted by Gasteiger charge is 2.17. The Labute approximate surface area is 120 Å². The van der Waals surface area contributed by atoms with E-state index in [-0.39, 0.29) is 11.7 Å². The molecule has 0 unspecified atom stereocenters. The highest BCUT2D eigenvalue weighted by Crippen LogP contribution is 2.31. The average molecular weight is 333 g/mol. The zero-order chi connectivity index (χ0) is 13.9. The van der Waals surface area contributed by atoms with Crippen molar-refractivity contribution >= 4 is 39.3 Å². The molecule has 0 atom stereocenters. The highest BCUT2D eigenvalue weighted by atomic mass is 79.9. The summed E-state index contributed by atoms with van der Waals surface area (Å²) in [7, 11) is 0. The first-order valence-corrected chi connectivity index (χ1v) is 7.24. The molecule has 0 fully saturated rings. The summed E-state index contributed by atoms with van der Waals surface area (Å²) in [6, 6.07) is 0. The quantitative estimate of drug-likeness (QED) is 0.680. The molecule has 0 spiro atoms. The Hall–Kier alpha value is -0.750. The number of carbonyl (C=O) groups is 1. The molecular weight excluding hydrogens is 316 g/mol. The fourth-order valence-electron chi connectivity index (χ4n) is 1.17. The monoisotopic (exact) mass is 332 g/mol. The second-order valence-electron chi connectivity index (χ2n) is 4.83. The molecule has 1 aromatic heterocycles. The third-order valence-corrected chi connectivity index (χ3v) is 4.21. The minimum Gasteiger partial charge on any atom is -0.459 e. The number of ether oxygens (including phenoxy) is 1. The first-order valence-electron chi connectivity index (χ1n) is 5.46. The van der Waals surface area contributed by atoms with Crippen LogP contribution in [0.3, 0.4) is 0 Å². The van der Waals surface area contributed by atoms with Crippen molar-refractivity contribution < 1.29 is 9.53 Å². The van der Waals surface area contributed by atoms with Crippen molar-refractivity contribution in [1.29, 1.82) is 0 Å². The van der Waals surface area contributed by atoms with Crippen LogP contribution < -0.4 is 5.73 Å². The number of hydrogen-bond acceptors (Lipinski definition) is 5. The molecule has 0 radical (unpaired) electrons. The molecule has 0 saturated heterocycles. The Morgan fingerprint density at radius 3 is 2.72 bits per heavy atom. The van der Waals surface area contributed by atoms with E-state index in [9.17, 15) is 4.79 Å². The van der Waals surface area contributed by atoms with E-state index in [4.69, 9.17) is 10.5 Å². The van der Waals surface area contributed by atoms with E-state index < -0.39 is 5.60 Å². The van der Waals surface area contributed by atoms with Gasteiger partial charge in [0.1, 0.15) is 10.6 Å². The van der Waals surface area contributed by atoms with E-state index in [1.165, 1.54) is 11.8 Å². The number of nitrogen functional groups attached to an aromatic ring is 1. The van der Waals surface area contributed by atoms with Crippen LogP contribution in [0.4, 0.5) is 5.69 Å². The van der Waals surface area contributed by atoms with Crippen LogP contribution in [0.1, 0.15) is 26.3 Å². The smallest absolute Gasteiger partial charge is 0.316 e. The molecule has 2 N–H and O–H groups in total. The SMILES string of the molecule is Cc1c(N)cnc(SCC(=O)OC(C)(C)C)c1Br. The maximum absolute atomic E-state index is 11.6. The topological polar surface area (TPSA) is 65.2 Å². The third-order valence-electron chi connectivity index (χ3n) is 2.02. The molecule has 100 valence electrons. The number of hydrogen-bond donors (Lipinski definition) is 1. The second kappa shape index (κ2) is 5.93. The van der Waals surface area contributed by atoms with Gasteiger partial charge in [-0.15, -0.1) is 0 Å². The summed E-state index contributed by atoms with van der Waals surface area (Å²) < 4.78 is 6.06. The largest absolute Gasteiger partial charge is 0.459 e. The van der Waals surface area contributed by atoms with E-state index in [0.717, 1.165) is 15.1 Å². The van der Waals surface area contributed by atoms with Crippen LogP contribution in [0.25, 0.3) is 0 Å². The van der Waals surface area contributed by atoms with E-state index in [1.807, 2.05) is 27.7 Å². The van der Waals surface area contributed by atoms with Gasteiger partial charge in [0.25, 0.3) is 0 Å². The van der Waals surface area contributed by atoms with Gasteiger partial charge in [-0.05, 0) is 49.2 Å². The van der Waals surface area contributed by atoms with Gasteiger partial charge < -0.3 is 10.5 Å². The molecule has 0 aliphatic rings. The van der Waals surface area contributed by atoms with Gasteiger partial charge in [0.2, 0.25) is 0 Å². The van der Waals surface area contributed by atoms with Crippen LogP contribution in [0.15, 0.2) is 15.7 Å². The van der Waals surface area contributed by atoms with Crippen LogP contribution in [0.5, 0.6) is 0 Å². The molecule has 1 heterocycles. The summed E-state index contributed by atoms with van der Waals surface area (Å²) in [5, 5.41) is 0.743. The van der Waals surface area contributed by atoms with E-state index in [2.05, 4.69) is 20.9 Å². The first-order chi connectivity index (χ1) is 8.20. The highest BCUT2D eigenvalue weighted by molar-refractivity contribution is 9.10. The van der Waals surface area contributed by atoms with Crippen LogP contribution in [0, 0.1) is 6.92 Å². The lowest BCUT2D eigenvalue weighted by molar-refractivity contribution is -0.151. The molecular formula is C12H17BrN2O2S.